The molecule has 2 rings (SSSR count). The van der Waals surface area contributed by atoms with Crippen LogP contribution in [0, 0.1) is 10.1 Å². The number of carbonyl (C=O) groups excluding carboxylic acids is 1. The first-order valence-corrected chi connectivity index (χ1v) is 6.00. The summed E-state index contributed by atoms with van der Waals surface area (Å²) in [5.74, 6) is -2.04. The molecule has 0 bridgehead atoms. The summed E-state index contributed by atoms with van der Waals surface area (Å²) < 4.78 is 5.78. The topological polar surface area (TPSA) is 125 Å². The molecule has 0 aliphatic rings. The molecule has 0 unspecified atom stereocenters. The average Bonchev–Trinajstić information content (AvgIpc) is 2.87. The van der Waals surface area contributed by atoms with Gasteiger partial charge in [0.2, 0.25) is 0 Å². The SMILES string of the molecule is COC(=O)c1cccc([N+](=O)[O-])c1-c1cc(C(=O)O)nn1C. The number of aromatic nitrogens is 2. The highest BCUT2D eigenvalue weighted by atomic mass is 16.6. The van der Waals surface area contributed by atoms with Crippen LogP contribution in [-0.4, -0.2) is 38.9 Å². The molecular formula is C13H11N3O6. The van der Waals surface area contributed by atoms with Crippen molar-refractivity contribution in [2.45, 2.75) is 0 Å². The Morgan fingerprint density at radius 2 is 2.09 bits per heavy atom. The molecule has 9 nitrogen and oxygen atoms in total. The standard InChI is InChI=1S/C13H11N3O6/c1-15-10(6-8(14-15)12(17)18)11-7(13(19)22-2)4-3-5-9(11)16(20)21/h3-6H,1-2H3,(H,17,18). The van der Waals surface area contributed by atoms with E-state index in [1.54, 1.807) is 0 Å². The van der Waals surface area contributed by atoms with Crippen molar-refractivity contribution in [3.8, 4) is 11.3 Å². The number of hydrogen-bond donors (Lipinski definition) is 1. The Balaban J connectivity index is 2.79. The quantitative estimate of drug-likeness (QED) is 0.515. The Kier molecular flexibility index (Phi) is 3.89. The Bertz CT molecular complexity index is 780. The van der Waals surface area contributed by atoms with Gasteiger partial charge in [-0.15, -0.1) is 0 Å². The zero-order valence-electron chi connectivity index (χ0n) is 11.6. The number of aryl methyl sites for hydroxylation is 1. The van der Waals surface area contributed by atoms with Gasteiger partial charge in [-0.25, -0.2) is 9.59 Å². The number of nitro benzene ring substituents is 1. The van der Waals surface area contributed by atoms with Gasteiger partial charge in [-0.05, 0) is 12.1 Å². The van der Waals surface area contributed by atoms with Crippen LogP contribution in [0.3, 0.4) is 0 Å². The molecule has 0 saturated carbocycles. The number of aromatic carboxylic acids is 1. The van der Waals surface area contributed by atoms with E-state index < -0.39 is 16.9 Å². The molecule has 1 heterocycles. The second-order valence-electron chi connectivity index (χ2n) is 4.29. The minimum atomic E-state index is -1.28. The van der Waals surface area contributed by atoms with Gasteiger partial charge in [0.1, 0.15) is 0 Å². The van der Waals surface area contributed by atoms with Crippen molar-refractivity contribution >= 4 is 17.6 Å². The van der Waals surface area contributed by atoms with Crippen LogP contribution in [0.1, 0.15) is 20.8 Å². The van der Waals surface area contributed by atoms with E-state index in [1.807, 2.05) is 0 Å². The van der Waals surface area contributed by atoms with Gasteiger partial charge in [0.25, 0.3) is 5.69 Å². The number of ether oxygens (including phenoxy) is 1. The molecule has 114 valence electrons. The van der Waals surface area contributed by atoms with Gasteiger partial charge in [-0.3, -0.25) is 14.8 Å². The van der Waals surface area contributed by atoms with E-state index in [1.165, 1.54) is 25.2 Å². The summed E-state index contributed by atoms with van der Waals surface area (Å²) in [4.78, 5) is 33.4. The predicted molar refractivity (Wildman–Crippen MR) is 73.6 cm³/mol. The van der Waals surface area contributed by atoms with Crippen LogP contribution in [0.2, 0.25) is 0 Å². The molecule has 0 aliphatic carbocycles. The van der Waals surface area contributed by atoms with Crippen molar-refractivity contribution in [2.75, 3.05) is 7.11 Å². The number of rotatable bonds is 4. The van der Waals surface area contributed by atoms with E-state index in [9.17, 15) is 19.7 Å². The summed E-state index contributed by atoms with van der Waals surface area (Å²) in [5, 5.41) is 23.9. The van der Waals surface area contributed by atoms with Crippen LogP contribution in [0.25, 0.3) is 11.3 Å². The largest absolute Gasteiger partial charge is 0.476 e. The van der Waals surface area contributed by atoms with Gasteiger partial charge in [0.05, 0.1) is 28.9 Å². The first-order chi connectivity index (χ1) is 10.4. The molecule has 1 aromatic carbocycles. The molecule has 2 aromatic rings. The lowest BCUT2D eigenvalue weighted by Gasteiger charge is -2.08. The average molecular weight is 305 g/mol. The number of nitro groups is 1. The maximum Gasteiger partial charge on any atom is 0.356 e. The van der Waals surface area contributed by atoms with E-state index in [-0.39, 0.29) is 28.2 Å². The van der Waals surface area contributed by atoms with E-state index in [2.05, 4.69) is 9.84 Å². The van der Waals surface area contributed by atoms with E-state index in [0.717, 1.165) is 17.9 Å². The van der Waals surface area contributed by atoms with E-state index >= 15 is 0 Å². The second kappa shape index (κ2) is 5.64. The van der Waals surface area contributed by atoms with Gasteiger partial charge in [0.15, 0.2) is 5.69 Å². The maximum absolute atomic E-state index is 11.8. The second-order valence-corrected chi connectivity index (χ2v) is 4.29. The number of carbonyl (C=O) groups is 2. The highest BCUT2D eigenvalue weighted by Gasteiger charge is 2.27. The summed E-state index contributed by atoms with van der Waals surface area (Å²) in [6.07, 6.45) is 0. The van der Waals surface area contributed by atoms with Gasteiger partial charge in [0, 0.05) is 13.1 Å². The Morgan fingerprint density at radius 3 is 2.59 bits per heavy atom. The molecule has 0 atom stereocenters. The molecule has 9 heteroatoms. The minimum absolute atomic E-state index is 0.0400. The highest BCUT2D eigenvalue weighted by Crippen LogP contribution is 2.33. The predicted octanol–water partition coefficient (Wildman–Crippen LogP) is 1.48. The summed E-state index contributed by atoms with van der Waals surface area (Å²) in [7, 11) is 2.58. The minimum Gasteiger partial charge on any atom is -0.476 e. The van der Waals surface area contributed by atoms with Crippen LogP contribution in [-0.2, 0) is 11.8 Å². The lowest BCUT2D eigenvalue weighted by atomic mass is 10.0. The number of benzene rings is 1. The third-order valence-electron chi connectivity index (χ3n) is 3.00. The van der Waals surface area contributed by atoms with Crippen LogP contribution < -0.4 is 0 Å². The third-order valence-corrected chi connectivity index (χ3v) is 3.00. The number of hydrogen-bond acceptors (Lipinski definition) is 6. The van der Waals surface area contributed by atoms with E-state index in [0.29, 0.717) is 0 Å². The number of esters is 1. The Morgan fingerprint density at radius 1 is 1.41 bits per heavy atom. The lowest BCUT2D eigenvalue weighted by molar-refractivity contribution is -0.384. The molecular weight excluding hydrogens is 294 g/mol. The lowest BCUT2D eigenvalue weighted by Crippen LogP contribution is -2.07. The monoisotopic (exact) mass is 305 g/mol. The summed E-state index contributed by atoms with van der Waals surface area (Å²) in [6.45, 7) is 0. The first kappa shape index (κ1) is 15.2. The molecule has 22 heavy (non-hydrogen) atoms. The van der Waals surface area contributed by atoms with Crippen LogP contribution >= 0.6 is 0 Å². The van der Waals surface area contributed by atoms with Crippen LogP contribution in [0.5, 0.6) is 0 Å². The number of nitrogens with zero attached hydrogens (tertiary/aromatic N) is 3. The van der Waals surface area contributed by atoms with Crippen molar-refractivity contribution in [1.29, 1.82) is 0 Å². The maximum atomic E-state index is 11.8. The fourth-order valence-corrected chi connectivity index (χ4v) is 2.05. The Hall–Kier alpha value is -3.23. The molecule has 0 spiro atoms. The molecule has 0 radical (unpaired) electrons. The zero-order chi connectivity index (χ0) is 16.4. The Labute approximate surface area is 123 Å². The summed E-state index contributed by atoms with van der Waals surface area (Å²) in [6, 6.07) is 5.09. The summed E-state index contributed by atoms with van der Waals surface area (Å²) >= 11 is 0. The molecule has 0 amide bonds. The molecule has 1 aromatic heterocycles. The van der Waals surface area contributed by atoms with Crippen molar-refractivity contribution in [3.63, 3.8) is 0 Å². The summed E-state index contributed by atoms with van der Waals surface area (Å²) in [5.41, 5.74) is -0.585. The molecule has 0 aliphatic heterocycles. The van der Waals surface area contributed by atoms with Gasteiger partial charge in [-0.2, -0.15) is 5.10 Å². The number of carboxylic acid groups (broad SMARTS) is 1. The molecule has 1 N–H and O–H groups in total. The van der Waals surface area contributed by atoms with Gasteiger partial charge < -0.3 is 9.84 Å². The number of methoxy groups -OCH3 is 1. The van der Waals surface area contributed by atoms with Crippen LogP contribution in [0.15, 0.2) is 24.3 Å². The fourth-order valence-electron chi connectivity index (χ4n) is 2.05. The normalized spacial score (nSPS) is 10.3. The number of carboxylic acids is 1. The smallest absolute Gasteiger partial charge is 0.356 e. The van der Waals surface area contributed by atoms with Crippen molar-refractivity contribution in [2.24, 2.45) is 7.05 Å². The zero-order valence-corrected chi connectivity index (χ0v) is 11.6. The van der Waals surface area contributed by atoms with Gasteiger partial charge in [-0.1, -0.05) is 6.07 Å². The van der Waals surface area contributed by atoms with Crippen molar-refractivity contribution in [3.05, 3.63) is 45.6 Å². The van der Waals surface area contributed by atoms with Crippen molar-refractivity contribution < 1.29 is 24.4 Å². The molecule has 0 fully saturated rings. The molecule has 0 saturated heterocycles. The van der Waals surface area contributed by atoms with E-state index in [4.69, 9.17) is 5.11 Å². The fraction of sp³-hybridized carbons (Fsp3) is 0.154. The first-order valence-electron chi connectivity index (χ1n) is 6.00. The van der Waals surface area contributed by atoms with Crippen LogP contribution in [0.4, 0.5) is 5.69 Å². The highest BCUT2D eigenvalue weighted by molar-refractivity contribution is 6.00. The van der Waals surface area contributed by atoms with Gasteiger partial charge >= 0.3 is 11.9 Å². The van der Waals surface area contributed by atoms with Crippen molar-refractivity contribution in [1.82, 2.24) is 9.78 Å². The third kappa shape index (κ3) is 2.51.